The van der Waals surface area contributed by atoms with Crippen LogP contribution in [0.5, 0.6) is 0 Å². The molecule has 174 valence electrons. The fraction of sp³-hybridized carbons (Fsp3) is 0.500. The molecule has 1 atom stereocenters. The molecule has 3 rings (SSSR count). The predicted molar refractivity (Wildman–Crippen MR) is 122 cm³/mol. The van der Waals surface area contributed by atoms with Crippen LogP contribution in [0.25, 0.3) is 11.1 Å². The van der Waals surface area contributed by atoms with E-state index in [0.29, 0.717) is 24.8 Å². The molecule has 0 saturated heterocycles. The van der Waals surface area contributed by atoms with Crippen LogP contribution in [0.15, 0.2) is 48.5 Å². The normalized spacial score (nSPS) is 20.5. The average molecular weight is 448 g/mol. The standard InChI is InChI=1S/C24H32BF3N2O2/c1-23(29,11-2-3-12-25(31)32)21-14-22(15-21)30-16-17-5-4-6-19(13-17)18-7-9-20(10-8-18)24(26,27)28/h4-10,13,21-22,30-32H,2-3,11-12,14-16,29H2,1H3. The summed E-state index contributed by atoms with van der Waals surface area (Å²) >= 11 is 0. The number of alkyl halides is 3. The smallest absolute Gasteiger partial charge is 0.427 e. The molecule has 1 unspecified atom stereocenters. The highest BCUT2D eigenvalue weighted by atomic mass is 19.4. The topological polar surface area (TPSA) is 78.5 Å². The molecule has 1 aliphatic carbocycles. The lowest BCUT2D eigenvalue weighted by Crippen LogP contribution is -2.54. The summed E-state index contributed by atoms with van der Waals surface area (Å²) in [6.45, 7) is 2.78. The Morgan fingerprint density at radius 1 is 1.03 bits per heavy atom. The monoisotopic (exact) mass is 448 g/mol. The highest BCUT2D eigenvalue weighted by Crippen LogP contribution is 2.38. The third kappa shape index (κ3) is 6.81. The van der Waals surface area contributed by atoms with E-state index in [1.165, 1.54) is 12.1 Å². The molecule has 1 fully saturated rings. The van der Waals surface area contributed by atoms with Crippen LogP contribution in [-0.2, 0) is 12.7 Å². The molecule has 2 aromatic rings. The van der Waals surface area contributed by atoms with E-state index in [1.807, 2.05) is 24.3 Å². The molecule has 2 aromatic carbocycles. The average Bonchev–Trinajstić information content (AvgIpc) is 2.69. The highest BCUT2D eigenvalue weighted by molar-refractivity contribution is 6.40. The molecule has 8 heteroatoms. The third-order valence-electron chi connectivity index (χ3n) is 6.57. The fourth-order valence-corrected chi connectivity index (χ4v) is 4.33. The molecule has 32 heavy (non-hydrogen) atoms. The van der Waals surface area contributed by atoms with Crippen molar-refractivity contribution < 1.29 is 23.2 Å². The number of halogens is 3. The van der Waals surface area contributed by atoms with E-state index in [1.54, 1.807) is 0 Å². The number of hydrogen-bond acceptors (Lipinski definition) is 4. The number of nitrogens with one attached hydrogen (secondary N) is 1. The van der Waals surface area contributed by atoms with Gasteiger partial charge in [0.25, 0.3) is 0 Å². The maximum atomic E-state index is 12.8. The minimum Gasteiger partial charge on any atom is -0.427 e. The SMILES string of the molecule is CC(N)(CCCCB(O)O)C1CC(NCc2cccc(-c3ccc(C(F)(F)F)cc3)c2)C1. The third-order valence-corrected chi connectivity index (χ3v) is 6.57. The molecule has 0 aromatic heterocycles. The summed E-state index contributed by atoms with van der Waals surface area (Å²) in [5, 5.41) is 21.4. The van der Waals surface area contributed by atoms with Gasteiger partial charge in [0, 0.05) is 18.1 Å². The number of hydrogen-bond donors (Lipinski definition) is 4. The van der Waals surface area contributed by atoms with Gasteiger partial charge in [-0.3, -0.25) is 0 Å². The first-order valence-electron chi connectivity index (χ1n) is 11.2. The Hall–Kier alpha value is -1.87. The molecule has 1 saturated carbocycles. The van der Waals surface area contributed by atoms with Crippen molar-refractivity contribution >= 4 is 7.12 Å². The molecule has 0 heterocycles. The first-order chi connectivity index (χ1) is 15.0. The number of benzene rings is 2. The Balaban J connectivity index is 1.46. The summed E-state index contributed by atoms with van der Waals surface area (Å²) in [4.78, 5) is 0. The predicted octanol–water partition coefficient (Wildman–Crippen LogP) is 4.60. The quantitative estimate of drug-likeness (QED) is 0.317. The Bertz CT molecular complexity index is 866. The van der Waals surface area contributed by atoms with Crippen LogP contribution in [0.4, 0.5) is 13.2 Å². The summed E-state index contributed by atoms with van der Waals surface area (Å²) in [7, 11) is -1.24. The van der Waals surface area contributed by atoms with Gasteiger partial charge in [-0.1, -0.05) is 43.2 Å². The summed E-state index contributed by atoms with van der Waals surface area (Å²) < 4.78 is 38.3. The van der Waals surface area contributed by atoms with Crippen LogP contribution in [0, 0.1) is 5.92 Å². The fourth-order valence-electron chi connectivity index (χ4n) is 4.33. The first kappa shape index (κ1) is 24.8. The Morgan fingerprint density at radius 2 is 1.72 bits per heavy atom. The van der Waals surface area contributed by atoms with E-state index >= 15 is 0 Å². The lowest BCUT2D eigenvalue weighted by molar-refractivity contribution is -0.137. The van der Waals surface area contributed by atoms with Gasteiger partial charge >= 0.3 is 13.3 Å². The maximum absolute atomic E-state index is 12.8. The second-order valence-electron chi connectivity index (χ2n) is 9.25. The van der Waals surface area contributed by atoms with Gasteiger partial charge in [0.1, 0.15) is 0 Å². The lowest BCUT2D eigenvalue weighted by atomic mass is 9.67. The molecule has 0 amide bonds. The van der Waals surface area contributed by atoms with Gasteiger partial charge in [0.2, 0.25) is 0 Å². The van der Waals surface area contributed by atoms with Gasteiger partial charge < -0.3 is 21.1 Å². The van der Waals surface area contributed by atoms with E-state index in [0.717, 1.165) is 60.9 Å². The molecular formula is C24H32BF3N2O2. The zero-order chi connectivity index (χ0) is 23.4. The van der Waals surface area contributed by atoms with E-state index in [-0.39, 0.29) is 5.54 Å². The number of unbranched alkanes of at least 4 members (excludes halogenated alkanes) is 1. The maximum Gasteiger partial charge on any atom is 0.451 e. The van der Waals surface area contributed by atoms with Gasteiger partial charge in [-0.15, -0.1) is 0 Å². The molecule has 0 aliphatic heterocycles. The largest absolute Gasteiger partial charge is 0.451 e. The van der Waals surface area contributed by atoms with Crippen LogP contribution in [0.1, 0.15) is 50.2 Å². The van der Waals surface area contributed by atoms with E-state index in [4.69, 9.17) is 15.8 Å². The summed E-state index contributed by atoms with van der Waals surface area (Å²) in [5.74, 6) is 0.442. The van der Waals surface area contributed by atoms with Crippen molar-refractivity contribution in [1.82, 2.24) is 5.32 Å². The summed E-state index contributed by atoms with van der Waals surface area (Å²) in [6, 6.07) is 13.5. The molecule has 5 N–H and O–H groups in total. The van der Waals surface area contributed by atoms with Gasteiger partial charge in [0.05, 0.1) is 5.56 Å². The minimum absolute atomic E-state index is 0.249. The second kappa shape index (κ2) is 10.4. The number of rotatable bonds is 10. The highest BCUT2D eigenvalue weighted by Gasteiger charge is 2.39. The van der Waals surface area contributed by atoms with E-state index in [2.05, 4.69) is 12.2 Å². The van der Waals surface area contributed by atoms with Crippen molar-refractivity contribution in [3.05, 3.63) is 59.7 Å². The summed E-state index contributed by atoms with van der Waals surface area (Å²) in [6.07, 6.45) is 0.585. The van der Waals surface area contributed by atoms with Crippen molar-refractivity contribution in [3.8, 4) is 11.1 Å². The van der Waals surface area contributed by atoms with Gasteiger partial charge in [-0.05, 0) is 73.3 Å². The van der Waals surface area contributed by atoms with Crippen molar-refractivity contribution in [3.63, 3.8) is 0 Å². The molecular weight excluding hydrogens is 416 g/mol. The number of nitrogens with two attached hydrogens (primary N) is 1. The summed E-state index contributed by atoms with van der Waals surface area (Å²) in [5.41, 5.74) is 8.36. The van der Waals surface area contributed by atoms with Gasteiger partial charge in [-0.25, -0.2) is 0 Å². The van der Waals surface area contributed by atoms with Crippen LogP contribution in [0.3, 0.4) is 0 Å². The van der Waals surface area contributed by atoms with Crippen molar-refractivity contribution in [2.45, 2.75) is 69.6 Å². The van der Waals surface area contributed by atoms with Gasteiger partial charge in [-0.2, -0.15) is 13.2 Å². The van der Waals surface area contributed by atoms with Crippen LogP contribution in [-0.4, -0.2) is 28.7 Å². The van der Waals surface area contributed by atoms with E-state index in [9.17, 15) is 13.2 Å². The molecule has 0 spiro atoms. The minimum atomic E-state index is -4.33. The Kier molecular flexibility index (Phi) is 8.04. The molecule has 0 bridgehead atoms. The van der Waals surface area contributed by atoms with Crippen molar-refractivity contribution in [2.24, 2.45) is 11.7 Å². The van der Waals surface area contributed by atoms with Crippen molar-refractivity contribution in [2.75, 3.05) is 0 Å². The Morgan fingerprint density at radius 3 is 2.34 bits per heavy atom. The van der Waals surface area contributed by atoms with Crippen LogP contribution in [0.2, 0.25) is 6.32 Å². The van der Waals surface area contributed by atoms with Gasteiger partial charge in [0.15, 0.2) is 0 Å². The van der Waals surface area contributed by atoms with Crippen LogP contribution < -0.4 is 11.1 Å². The lowest BCUT2D eigenvalue weighted by Gasteiger charge is -2.46. The first-order valence-corrected chi connectivity index (χ1v) is 11.2. The van der Waals surface area contributed by atoms with E-state index < -0.39 is 18.9 Å². The Labute approximate surface area is 188 Å². The molecule has 1 aliphatic rings. The van der Waals surface area contributed by atoms with Crippen molar-refractivity contribution in [1.29, 1.82) is 0 Å². The molecule has 4 nitrogen and oxygen atoms in total. The van der Waals surface area contributed by atoms with Crippen LogP contribution >= 0.6 is 0 Å². The zero-order valence-electron chi connectivity index (χ0n) is 18.4. The molecule has 0 radical (unpaired) electrons. The second-order valence-corrected chi connectivity index (χ2v) is 9.25. The zero-order valence-corrected chi connectivity index (χ0v) is 18.4.